The number of nitrogens with one attached hydrogen (secondary N) is 1. The number of H-pyrrole nitrogens is 1. The van der Waals surface area contributed by atoms with Gasteiger partial charge in [0.25, 0.3) is 0 Å². The Labute approximate surface area is 135 Å². The molecule has 4 heteroatoms. The minimum Gasteiger partial charge on any atom is -0.543 e. The molecule has 2 rings (SSSR count). The summed E-state index contributed by atoms with van der Waals surface area (Å²) in [7, 11) is -1.82. The lowest BCUT2D eigenvalue weighted by atomic mass is 9.85. The molecule has 0 saturated carbocycles. The molecule has 0 radical (unpaired) electrons. The molecule has 1 heterocycles. The summed E-state index contributed by atoms with van der Waals surface area (Å²) >= 11 is 0. The molecule has 0 spiro atoms. The third kappa shape index (κ3) is 3.08. The van der Waals surface area contributed by atoms with Crippen LogP contribution in [0.3, 0.4) is 0 Å². The highest BCUT2D eigenvalue weighted by Gasteiger charge is 2.39. The fourth-order valence-corrected chi connectivity index (χ4v) is 3.30. The van der Waals surface area contributed by atoms with Crippen LogP contribution < -0.4 is 10.2 Å². The van der Waals surface area contributed by atoms with Crippen molar-refractivity contribution in [1.82, 2.24) is 4.98 Å². The van der Waals surface area contributed by atoms with Crippen LogP contribution in [0.1, 0.15) is 40.2 Å². The van der Waals surface area contributed by atoms with Crippen molar-refractivity contribution in [3.05, 3.63) is 30.0 Å². The minimum absolute atomic E-state index is 0.0478. The van der Waals surface area contributed by atoms with Gasteiger partial charge in [0, 0.05) is 29.1 Å². The van der Waals surface area contributed by atoms with Crippen molar-refractivity contribution in [1.29, 1.82) is 0 Å². The van der Waals surface area contributed by atoms with Crippen LogP contribution in [0, 0.1) is 0 Å². The molecule has 1 aromatic carbocycles. The van der Waals surface area contributed by atoms with Crippen LogP contribution in [0.25, 0.3) is 10.9 Å². The Morgan fingerprint density at radius 3 is 2.32 bits per heavy atom. The molecule has 122 valence electrons. The Bertz CT molecular complexity index is 665. The first-order chi connectivity index (χ1) is 9.98. The van der Waals surface area contributed by atoms with Crippen LogP contribution >= 0.6 is 0 Å². The number of fused-ring (bicyclic) bond motifs is 1. The lowest BCUT2D eigenvalue weighted by molar-refractivity contribution is 0.492. The van der Waals surface area contributed by atoms with E-state index in [1.165, 1.54) is 10.9 Å². The molecule has 0 unspecified atom stereocenters. The van der Waals surface area contributed by atoms with Gasteiger partial charge in [-0.05, 0) is 41.9 Å². The van der Waals surface area contributed by atoms with Gasteiger partial charge in [-0.25, -0.2) is 0 Å². The zero-order valence-corrected chi connectivity index (χ0v) is 16.0. The summed E-state index contributed by atoms with van der Waals surface area (Å²) in [5.74, 6) is 0.966. The predicted molar refractivity (Wildman–Crippen MR) is 98.2 cm³/mol. The maximum absolute atomic E-state index is 6.44. The van der Waals surface area contributed by atoms with Gasteiger partial charge in [0.15, 0.2) is 0 Å². The van der Waals surface area contributed by atoms with E-state index in [4.69, 9.17) is 10.2 Å². The highest BCUT2D eigenvalue weighted by molar-refractivity contribution is 6.74. The van der Waals surface area contributed by atoms with E-state index in [0.717, 1.165) is 11.3 Å². The van der Waals surface area contributed by atoms with Gasteiger partial charge < -0.3 is 15.1 Å². The Hall–Kier alpha value is -1.26. The Morgan fingerprint density at radius 1 is 1.14 bits per heavy atom. The fraction of sp³-hybridized carbons (Fsp3) is 0.556. The van der Waals surface area contributed by atoms with Gasteiger partial charge in [-0.1, -0.05) is 34.6 Å². The number of benzene rings is 1. The normalized spacial score (nSPS) is 13.6. The highest BCUT2D eigenvalue weighted by atomic mass is 28.4. The summed E-state index contributed by atoms with van der Waals surface area (Å²) in [5.41, 5.74) is 8.29. The van der Waals surface area contributed by atoms with Crippen molar-refractivity contribution < 1.29 is 4.43 Å². The topological polar surface area (TPSA) is 51.0 Å². The second-order valence-electron chi connectivity index (χ2n) is 8.36. The number of aromatic nitrogens is 1. The van der Waals surface area contributed by atoms with E-state index in [9.17, 15) is 0 Å². The zero-order valence-electron chi connectivity index (χ0n) is 15.0. The van der Waals surface area contributed by atoms with Gasteiger partial charge in [0.05, 0.1) is 0 Å². The number of rotatable bonds is 4. The van der Waals surface area contributed by atoms with Crippen molar-refractivity contribution in [2.24, 2.45) is 5.73 Å². The maximum Gasteiger partial charge on any atom is 0.250 e. The SMILES string of the molecule is CC(C)(CN)c1c[nH]c2ccc(O[Si](C)(C)C(C)(C)C)cc12. The number of aromatic amines is 1. The number of hydrogen-bond acceptors (Lipinski definition) is 2. The largest absolute Gasteiger partial charge is 0.543 e. The van der Waals surface area contributed by atoms with Crippen LogP contribution in [0.2, 0.25) is 18.1 Å². The molecule has 22 heavy (non-hydrogen) atoms. The molecule has 0 aliphatic carbocycles. The fourth-order valence-electron chi connectivity index (χ4n) is 2.28. The third-order valence-electron chi connectivity index (χ3n) is 5.07. The Morgan fingerprint density at radius 2 is 1.77 bits per heavy atom. The Balaban J connectivity index is 2.44. The van der Waals surface area contributed by atoms with Gasteiger partial charge in [0.2, 0.25) is 8.32 Å². The molecule has 1 aromatic heterocycles. The van der Waals surface area contributed by atoms with Crippen LogP contribution in [0.4, 0.5) is 0 Å². The first kappa shape index (κ1) is 17.1. The van der Waals surface area contributed by atoms with Crippen molar-refractivity contribution >= 4 is 19.2 Å². The Kier molecular flexibility index (Phi) is 4.22. The smallest absolute Gasteiger partial charge is 0.250 e. The average molecular weight is 319 g/mol. The maximum atomic E-state index is 6.44. The second-order valence-corrected chi connectivity index (χ2v) is 13.1. The zero-order chi connectivity index (χ0) is 16.8. The first-order valence-corrected chi connectivity index (χ1v) is 10.9. The third-order valence-corrected chi connectivity index (χ3v) is 9.43. The van der Waals surface area contributed by atoms with Gasteiger partial charge in [-0.3, -0.25) is 0 Å². The van der Waals surface area contributed by atoms with E-state index in [1.807, 2.05) is 0 Å². The standard InChI is InChI=1S/C18H30N2OSi/c1-17(2,3)22(6,7)21-13-8-9-16-14(10-13)15(11-20-16)18(4,5)12-19/h8-11,20H,12,19H2,1-7H3. The van der Waals surface area contributed by atoms with Gasteiger partial charge in [-0.2, -0.15) is 0 Å². The summed E-state index contributed by atoms with van der Waals surface area (Å²) in [6, 6.07) is 6.34. The quantitative estimate of drug-likeness (QED) is 0.796. The summed E-state index contributed by atoms with van der Waals surface area (Å²) < 4.78 is 6.44. The van der Waals surface area contributed by atoms with E-state index < -0.39 is 8.32 Å². The van der Waals surface area contributed by atoms with Crippen LogP contribution in [0.15, 0.2) is 24.4 Å². The van der Waals surface area contributed by atoms with Crippen molar-refractivity contribution in [2.75, 3.05) is 6.54 Å². The molecular weight excluding hydrogens is 288 g/mol. The van der Waals surface area contributed by atoms with Crippen molar-refractivity contribution in [2.45, 2.75) is 58.2 Å². The molecule has 0 amide bonds. The molecule has 0 bridgehead atoms. The molecule has 0 aliphatic heterocycles. The lowest BCUT2D eigenvalue weighted by Gasteiger charge is -2.36. The van der Waals surface area contributed by atoms with Crippen LogP contribution in [0.5, 0.6) is 5.75 Å². The molecular formula is C18H30N2OSi. The average Bonchev–Trinajstić information content (AvgIpc) is 2.80. The summed E-state index contributed by atoms with van der Waals surface area (Å²) in [6.45, 7) is 16.3. The molecule has 3 N–H and O–H groups in total. The molecule has 0 saturated heterocycles. The molecule has 0 atom stereocenters. The summed E-state index contributed by atoms with van der Waals surface area (Å²) in [6.07, 6.45) is 2.08. The van der Waals surface area contributed by atoms with Gasteiger partial charge >= 0.3 is 0 Å². The van der Waals surface area contributed by atoms with E-state index >= 15 is 0 Å². The monoisotopic (exact) mass is 318 g/mol. The molecule has 0 fully saturated rings. The molecule has 0 aliphatic rings. The van der Waals surface area contributed by atoms with Crippen molar-refractivity contribution in [3.8, 4) is 5.75 Å². The van der Waals surface area contributed by atoms with Crippen LogP contribution in [-0.2, 0) is 5.41 Å². The van der Waals surface area contributed by atoms with Gasteiger partial charge in [-0.15, -0.1) is 0 Å². The van der Waals surface area contributed by atoms with E-state index in [1.54, 1.807) is 0 Å². The van der Waals surface area contributed by atoms with Crippen molar-refractivity contribution in [3.63, 3.8) is 0 Å². The van der Waals surface area contributed by atoms with E-state index in [-0.39, 0.29) is 10.5 Å². The van der Waals surface area contributed by atoms with Crippen LogP contribution in [-0.4, -0.2) is 19.8 Å². The molecule has 2 aromatic rings. The first-order valence-electron chi connectivity index (χ1n) is 7.99. The predicted octanol–water partition coefficient (Wildman–Crippen LogP) is 4.79. The second kappa shape index (κ2) is 5.43. The molecule has 3 nitrogen and oxygen atoms in total. The highest BCUT2D eigenvalue weighted by Crippen LogP contribution is 2.38. The number of hydrogen-bond donors (Lipinski definition) is 2. The summed E-state index contributed by atoms with van der Waals surface area (Å²) in [5, 5.41) is 1.41. The summed E-state index contributed by atoms with van der Waals surface area (Å²) in [4.78, 5) is 3.35. The van der Waals surface area contributed by atoms with Gasteiger partial charge in [0.1, 0.15) is 5.75 Å². The van der Waals surface area contributed by atoms with E-state index in [2.05, 4.69) is 77.1 Å². The number of nitrogens with two attached hydrogens (primary N) is 1. The van der Waals surface area contributed by atoms with E-state index in [0.29, 0.717) is 6.54 Å². The lowest BCUT2D eigenvalue weighted by Crippen LogP contribution is -2.43. The minimum atomic E-state index is -1.82.